The Labute approximate surface area is 147 Å². The van der Waals surface area contributed by atoms with Crippen molar-refractivity contribution in [2.24, 2.45) is 0 Å². The van der Waals surface area contributed by atoms with Crippen molar-refractivity contribution < 1.29 is 19.4 Å². The standard InChI is InChI=1S/C21H24O4/c1-3-5-14-6-4-7-15-12-18(19(25-2)13-17(14)15)21(20(23)24)10-8-16(22)9-11-21/h4,6-7,12-13H,3,5,8-11H2,1-2H3,(H,23,24). The summed E-state index contributed by atoms with van der Waals surface area (Å²) < 4.78 is 5.59. The molecule has 1 fully saturated rings. The molecule has 0 saturated heterocycles. The number of aryl methyl sites for hydroxylation is 1. The Bertz CT molecular complexity index is 812. The zero-order valence-corrected chi connectivity index (χ0v) is 14.8. The highest BCUT2D eigenvalue weighted by Crippen LogP contribution is 2.44. The molecule has 25 heavy (non-hydrogen) atoms. The number of methoxy groups -OCH3 is 1. The monoisotopic (exact) mass is 340 g/mol. The van der Waals surface area contributed by atoms with Crippen LogP contribution in [0.5, 0.6) is 5.75 Å². The molecule has 1 aliphatic carbocycles. The van der Waals surface area contributed by atoms with Crippen molar-refractivity contribution in [3.63, 3.8) is 0 Å². The lowest BCUT2D eigenvalue weighted by Crippen LogP contribution is -2.40. The highest BCUT2D eigenvalue weighted by Gasteiger charge is 2.45. The number of ketones is 1. The third-order valence-corrected chi connectivity index (χ3v) is 5.40. The molecule has 0 aliphatic heterocycles. The van der Waals surface area contributed by atoms with E-state index < -0.39 is 11.4 Å². The van der Waals surface area contributed by atoms with E-state index >= 15 is 0 Å². The van der Waals surface area contributed by atoms with Crippen molar-refractivity contribution in [3.05, 3.63) is 41.5 Å². The first-order valence-corrected chi connectivity index (χ1v) is 8.87. The Morgan fingerprint density at radius 1 is 1.24 bits per heavy atom. The largest absolute Gasteiger partial charge is 0.496 e. The van der Waals surface area contributed by atoms with Crippen LogP contribution in [0.25, 0.3) is 10.8 Å². The molecule has 0 atom stereocenters. The van der Waals surface area contributed by atoms with Crippen LogP contribution in [-0.4, -0.2) is 24.0 Å². The van der Waals surface area contributed by atoms with Gasteiger partial charge in [0.15, 0.2) is 0 Å². The number of aliphatic carboxylic acids is 1. The average Bonchev–Trinajstić information content (AvgIpc) is 2.62. The van der Waals surface area contributed by atoms with Gasteiger partial charge in [0.25, 0.3) is 0 Å². The molecule has 0 heterocycles. The SMILES string of the molecule is CCCc1cccc2cc(C3(C(=O)O)CCC(=O)CC3)c(OC)cc12. The van der Waals surface area contributed by atoms with Crippen molar-refractivity contribution >= 4 is 22.5 Å². The summed E-state index contributed by atoms with van der Waals surface area (Å²) in [7, 11) is 1.58. The zero-order chi connectivity index (χ0) is 18.0. The molecule has 2 aromatic rings. The lowest BCUT2D eigenvalue weighted by atomic mass is 9.68. The summed E-state index contributed by atoms with van der Waals surface area (Å²) in [5.74, 6) is -0.128. The average molecular weight is 340 g/mol. The van der Waals surface area contributed by atoms with Gasteiger partial charge in [0, 0.05) is 18.4 Å². The number of carboxylic acids is 1. The molecule has 4 heteroatoms. The Hall–Kier alpha value is -2.36. The first kappa shape index (κ1) is 17.5. The topological polar surface area (TPSA) is 63.6 Å². The quantitative estimate of drug-likeness (QED) is 0.883. The number of hydrogen-bond acceptors (Lipinski definition) is 3. The molecular formula is C21H24O4. The molecule has 0 radical (unpaired) electrons. The smallest absolute Gasteiger partial charge is 0.314 e. The van der Waals surface area contributed by atoms with Gasteiger partial charge in [0.05, 0.1) is 12.5 Å². The molecule has 4 nitrogen and oxygen atoms in total. The molecule has 2 aromatic carbocycles. The number of ether oxygens (including phenoxy) is 1. The van der Waals surface area contributed by atoms with Gasteiger partial charge in [-0.25, -0.2) is 0 Å². The number of benzene rings is 2. The molecule has 0 unspecified atom stereocenters. The second kappa shape index (κ2) is 6.87. The van der Waals surface area contributed by atoms with E-state index in [-0.39, 0.29) is 5.78 Å². The second-order valence-corrected chi connectivity index (χ2v) is 6.87. The summed E-state index contributed by atoms with van der Waals surface area (Å²) in [6.07, 6.45) is 3.30. The maximum atomic E-state index is 12.2. The van der Waals surface area contributed by atoms with E-state index in [0.717, 1.165) is 23.6 Å². The van der Waals surface area contributed by atoms with Crippen LogP contribution in [0.3, 0.4) is 0 Å². The maximum absolute atomic E-state index is 12.2. The number of Topliss-reactive ketones (excluding diaryl/α,β-unsaturated/α-hetero) is 1. The predicted molar refractivity (Wildman–Crippen MR) is 97.3 cm³/mol. The molecular weight excluding hydrogens is 316 g/mol. The minimum atomic E-state index is -1.05. The highest BCUT2D eigenvalue weighted by atomic mass is 16.5. The number of fused-ring (bicyclic) bond motifs is 1. The summed E-state index contributed by atoms with van der Waals surface area (Å²) in [4.78, 5) is 23.9. The van der Waals surface area contributed by atoms with Crippen molar-refractivity contribution in [3.8, 4) is 5.75 Å². The van der Waals surface area contributed by atoms with Gasteiger partial charge < -0.3 is 9.84 Å². The fraction of sp³-hybridized carbons (Fsp3) is 0.429. The minimum Gasteiger partial charge on any atom is -0.496 e. The van der Waals surface area contributed by atoms with E-state index in [1.165, 1.54) is 5.56 Å². The molecule has 3 rings (SSSR count). The second-order valence-electron chi connectivity index (χ2n) is 6.87. The summed E-state index contributed by atoms with van der Waals surface area (Å²) in [5.41, 5.74) is 0.887. The third-order valence-electron chi connectivity index (χ3n) is 5.40. The summed E-state index contributed by atoms with van der Waals surface area (Å²) in [5, 5.41) is 12.1. The van der Waals surface area contributed by atoms with E-state index in [4.69, 9.17) is 4.74 Å². The van der Waals surface area contributed by atoms with Gasteiger partial charge in [-0.3, -0.25) is 9.59 Å². The van der Waals surface area contributed by atoms with Gasteiger partial charge in [0.1, 0.15) is 11.5 Å². The van der Waals surface area contributed by atoms with Crippen LogP contribution >= 0.6 is 0 Å². The van der Waals surface area contributed by atoms with Crippen molar-refractivity contribution in [2.75, 3.05) is 7.11 Å². The van der Waals surface area contributed by atoms with Crippen molar-refractivity contribution in [2.45, 2.75) is 50.9 Å². The van der Waals surface area contributed by atoms with Crippen molar-refractivity contribution in [1.29, 1.82) is 0 Å². The van der Waals surface area contributed by atoms with Crippen LogP contribution in [0.1, 0.15) is 50.2 Å². The van der Waals surface area contributed by atoms with Crippen molar-refractivity contribution in [1.82, 2.24) is 0 Å². The molecule has 0 spiro atoms. The summed E-state index contributed by atoms with van der Waals surface area (Å²) >= 11 is 0. The summed E-state index contributed by atoms with van der Waals surface area (Å²) in [6, 6.07) is 10.1. The molecule has 1 aliphatic rings. The van der Waals surface area contributed by atoms with Crippen LogP contribution < -0.4 is 4.74 Å². The normalized spacial score (nSPS) is 16.8. The predicted octanol–water partition coefficient (Wildman–Crippen LogP) is 4.27. The molecule has 1 N–H and O–H groups in total. The Morgan fingerprint density at radius 2 is 1.96 bits per heavy atom. The number of carbonyl (C=O) groups is 2. The first-order chi connectivity index (χ1) is 12.0. The van der Waals surface area contributed by atoms with Gasteiger partial charge in [0.2, 0.25) is 0 Å². The number of carboxylic acid groups (broad SMARTS) is 1. The lowest BCUT2D eigenvalue weighted by Gasteiger charge is -2.34. The van der Waals surface area contributed by atoms with Crippen LogP contribution in [0.15, 0.2) is 30.3 Å². The van der Waals surface area contributed by atoms with Crippen LogP contribution in [0.4, 0.5) is 0 Å². The lowest BCUT2D eigenvalue weighted by molar-refractivity contribution is -0.146. The van der Waals surface area contributed by atoms with Crippen LogP contribution in [0, 0.1) is 0 Å². The molecule has 0 aromatic heterocycles. The maximum Gasteiger partial charge on any atom is 0.314 e. The number of rotatable bonds is 5. The van der Waals surface area contributed by atoms with Gasteiger partial charge in [-0.2, -0.15) is 0 Å². The van der Waals surface area contributed by atoms with Crippen LogP contribution in [-0.2, 0) is 21.4 Å². The Kier molecular flexibility index (Phi) is 4.80. The summed E-state index contributed by atoms with van der Waals surface area (Å²) in [6.45, 7) is 2.14. The fourth-order valence-electron chi connectivity index (χ4n) is 3.95. The van der Waals surface area contributed by atoms with Gasteiger partial charge in [-0.15, -0.1) is 0 Å². The van der Waals surface area contributed by atoms with Gasteiger partial charge in [-0.05, 0) is 47.7 Å². The Morgan fingerprint density at radius 3 is 2.56 bits per heavy atom. The fourth-order valence-corrected chi connectivity index (χ4v) is 3.95. The van der Waals surface area contributed by atoms with Gasteiger partial charge in [-0.1, -0.05) is 31.5 Å². The van der Waals surface area contributed by atoms with Gasteiger partial charge >= 0.3 is 5.97 Å². The minimum absolute atomic E-state index is 0.141. The molecule has 1 saturated carbocycles. The van der Waals surface area contributed by atoms with E-state index in [1.54, 1.807) is 7.11 Å². The van der Waals surface area contributed by atoms with E-state index in [2.05, 4.69) is 13.0 Å². The highest BCUT2D eigenvalue weighted by molar-refractivity contribution is 5.93. The first-order valence-electron chi connectivity index (χ1n) is 8.87. The van der Waals surface area contributed by atoms with E-state index in [9.17, 15) is 14.7 Å². The Balaban J connectivity index is 2.20. The zero-order valence-electron chi connectivity index (χ0n) is 14.8. The molecule has 132 valence electrons. The molecule has 0 bridgehead atoms. The third kappa shape index (κ3) is 3.01. The number of hydrogen-bond donors (Lipinski definition) is 1. The number of carbonyl (C=O) groups excluding carboxylic acids is 1. The van der Waals surface area contributed by atoms with Crippen LogP contribution in [0.2, 0.25) is 0 Å². The molecule has 0 amide bonds. The van der Waals surface area contributed by atoms with E-state index in [0.29, 0.717) is 37.0 Å². The van der Waals surface area contributed by atoms with E-state index in [1.807, 2.05) is 24.3 Å².